The van der Waals surface area contributed by atoms with Gasteiger partial charge in [-0.1, -0.05) is 6.92 Å². The first kappa shape index (κ1) is 17.3. The van der Waals surface area contributed by atoms with E-state index in [4.69, 9.17) is 15.8 Å². The summed E-state index contributed by atoms with van der Waals surface area (Å²) < 4.78 is 1.89. The summed E-state index contributed by atoms with van der Waals surface area (Å²) in [5.74, 6) is 1.04. The fraction of sp³-hybridized carbons (Fsp3) is 0.429. The van der Waals surface area contributed by atoms with Crippen molar-refractivity contribution in [1.29, 1.82) is 0 Å². The largest absolute Gasteiger partial charge is 0.340 e. The van der Waals surface area contributed by atoms with E-state index in [0.717, 1.165) is 59.1 Å². The number of hydrogen-bond donors (Lipinski definition) is 1. The van der Waals surface area contributed by atoms with Crippen LogP contribution in [0.5, 0.6) is 0 Å². The van der Waals surface area contributed by atoms with E-state index in [9.17, 15) is 0 Å². The minimum absolute atomic E-state index is 0.305. The zero-order chi connectivity index (χ0) is 19.4. The molecule has 0 bridgehead atoms. The van der Waals surface area contributed by atoms with E-state index >= 15 is 0 Å². The number of hydrogen-bond acceptors (Lipinski definition) is 6. The fourth-order valence-electron chi connectivity index (χ4n) is 4.30. The van der Waals surface area contributed by atoms with Crippen molar-refractivity contribution in [2.45, 2.75) is 51.1 Å². The van der Waals surface area contributed by atoms with E-state index in [1.807, 2.05) is 30.0 Å². The van der Waals surface area contributed by atoms with Crippen LogP contribution in [0.4, 0.5) is 11.6 Å². The molecule has 5 rings (SSSR count). The Morgan fingerprint density at radius 2 is 2.07 bits per heavy atom. The maximum absolute atomic E-state index is 5.92. The Labute approximate surface area is 164 Å². The molecule has 1 fully saturated rings. The number of pyridine rings is 1. The van der Waals surface area contributed by atoms with E-state index < -0.39 is 0 Å². The number of fused-ring (bicyclic) bond motifs is 2. The molecule has 2 aliphatic rings. The van der Waals surface area contributed by atoms with Crippen molar-refractivity contribution in [3.8, 4) is 11.3 Å². The highest BCUT2D eigenvalue weighted by Gasteiger charge is 2.31. The van der Waals surface area contributed by atoms with Gasteiger partial charge in [-0.2, -0.15) is 0 Å². The van der Waals surface area contributed by atoms with Crippen molar-refractivity contribution in [3.05, 3.63) is 36.3 Å². The Morgan fingerprint density at radius 3 is 2.82 bits per heavy atom. The first-order valence-corrected chi connectivity index (χ1v) is 9.94. The quantitative estimate of drug-likeness (QED) is 0.756. The summed E-state index contributed by atoms with van der Waals surface area (Å²) in [5.41, 5.74) is 12.1. The highest BCUT2D eigenvalue weighted by molar-refractivity contribution is 5.96. The van der Waals surface area contributed by atoms with E-state index in [1.165, 1.54) is 0 Å². The lowest BCUT2D eigenvalue weighted by atomic mass is 9.87. The average Bonchev–Trinajstić information content (AvgIpc) is 3.23. The second-order valence-electron chi connectivity index (χ2n) is 7.93. The molecule has 4 heterocycles. The normalized spacial score (nSPS) is 23.4. The van der Waals surface area contributed by atoms with Crippen LogP contribution in [0.3, 0.4) is 0 Å². The molecule has 0 spiro atoms. The molecule has 1 saturated carbocycles. The van der Waals surface area contributed by atoms with Gasteiger partial charge in [0.05, 0.1) is 28.8 Å². The molecule has 2 N–H and O–H groups in total. The van der Waals surface area contributed by atoms with Crippen LogP contribution >= 0.6 is 0 Å². The van der Waals surface area contributed by atoms with Crippen LogP contribution in [0.1, 0.15) is 44.7 Å². The number of rotatable bonds is 4. The minimum Gasteiger partial charge on any atom is -0.340 e. The van der Waals surface area contributed by atoms with Crippen molar-refractivity contribution in [3.63, 3.8) is 0 Å². The Morgan fingerprint density at radius 1 is 1.25 bits per heavy atom. The molecule has 7 nitrogen and oxygen atoms in total. The second kappa shape index (κ2) is 6.38. The maximum atomic E-state index is 5.92. The number of nitrogens with two attached hydrogens (primary N) is 1. The second-order valence-corrected chi connectivity index (χ2v) is 7.93. The summed E-state index contributed by atoms with van der Waals surface area (Å²) in [5, 5.41) is 4.71. The molecule has 1 aliphatic carbocycles. The summed E-state index contributed by atoms with van der Waals surface area (Å²) in [6, 6.07) is 6.91. The van der Waals surface area contributed by atoms with Crippen LogP contribution in [0.15, 0.2) is 35.6 Å². The number of anilines is 1. The monoisotopic (exact) mass is 375 g/mol. The molecule has 0 aromatic carbocycles. The molecule has 7 heteroatoms. The van der Waals surface area contributed by atoms with Gasteiger partial charge >= 0.3 is 0 Å². The van der Waals surface area contributed by atoms with Crippen molar-refractivity contribution in [2.75, 3.05) is 11.9 Å². The van der Waals surface area contributed by atoms with E-state index in [-0.39, 0.29) is 0 Å². The van der Waals surface area contributed by atoms with Crippen LogP contribution in [0.25, 0.3) is 16.8 Å². The Balaban J connectivity index is 1.49. The lowest BCUT2D eigenvalue weighted by Crippen LogP contribution is -2.49. The van der Waals surface area contributed by atoms with Crippen molar-refractivity contribution >= 4 is 22.9 Å². The van der Waals surface area contributed by atoms with Gasteiger partial charge in [-0.25, -0.2) is 14.5 Å². The number of aromatic nitrogens is 4. The first-order chi connectivity index (χ1) is 13.5. The smallest absolute Gasteiger partial charge is 0.243 e. The van der Waals surface area contributed by atoms with Gasteiger partial charge in [0.25, 0.3) is 0 Å². The van der Waals surface area contributed by atoms with E-state index in [0.29, 0.717) is 18.0 Å². The molecule has 1 unspecified atom stereocenters. The molecule has 1 aliphatic heterocycles. The first-order valence-electron chi connectivity index (χ1n) is 9.94. The highest BCUT2D eigenvalue weighted by atomic mass is 15.4. The van der Waals surface area contributed by atoms with Gasteiger partial charge in [-0.05, 0) is 44.4 Å². The summed E-state index contributed by atoms with van der Waals surface area (Å²) >= 11 is 0. The third-order valence-corrected chi connectivity index (χ3v) is 6.14. The van der Waals surface area contributed by atoms with Crippen LogP contribution in [0.2, 0.25) is 0 Å². The zero-order valence-corrected chi connectivity index (χ0v) is 16.5. The predicted octanol–water partition coefficient (Wildman–Crippen LogP) is 3.32. The van der Waals surface area contributed by atoms with Crippen LogP contribution in [-0.4, -0.2) is 44.4 Å². The van der Waals surface area contributed by atoms with Crippen LogP contribution in [-0.2, 0) is 0 Å². The van der Waals surface area contributed by atoms with Crippen molar-refractivity contribution in [2.24, 2.45) is 10.7 Å². The Bertz CT molecular complexity index is 1080. The summed E-state index contributed by atoms with van der Waals surface area (Å²) in [4.78, 5) is 16.4. The van der Waals surface area contributed by atoms with Gasteiger partial charge in [-0.3, -0.25) is 4.99 Å². The Kier molecular flexibility index (Phi) is 3.94. The summed E-state index contributed by atoms with van der Waals surface area (Å²) in [6.07, 6.45) is 6.87. The summed E-state index contributed by atoms with van der Waals surface area (Å²) in [7, 11) is 2.04. The van der Waals surface area contributed by atoms with Crippen molar-refractivity contribution < 1.29 is 0 Å². The molecular weight excluding hydrogens is 350 g/mol. The highest BCUT2D eigenvalue weighted by Crippen LogP contribution is 2.38. The average molecular weight is 375 g/mol. The van der Waals surface area contributed by atoms with Gasteiger partial charge in [-0.15, -0.1) is 5.10 Å². The SMILES string of the molecule is CCC1C(C)=Nc2ccc(-c3ccn4nc(N(C)C5CC(N)C5)ncc34)nc21. The molecule has 3 aromatic rings. The van der Waals surface area contributed by atoms with E-state index in [2.05, 4.69) is 40.9 Å². The maximum Gasteiger partial charge on any atom is 0.243 e. The molecular formula is C21H25N7. The topological polar surface area (TPSA) is 84.7 Å². The van der Waals surface area contributed by atoms with Crippen LogP contribution < -0.4 is 10.6 Å². The standard InChI is InChI=1S/C21H25N7/c1-4-15-12(2)24-18-6-5-17(25-20(15)18)16-7-8-28-19(16)11-23-21(26-28)27(3)14-9-13(22)10-14/h5-8,11,13-15H,4,9-10,22H2,1-3H3. The third kappa shape index (κ3) is 2.61. The number of nitrogens with zero attached hydrogens (tertiary/aromatic N) is 6. The lowest BCUT2D eigenvalue weighted by Gasteiger charge is -2.39. The molecule has 0 saturated heterocycles. The molecule has 1 atom stereocenters. The van der Waals surface area contributed by atoms with Gasteiger partial charge in [0, 0.05) is 42.5 Å². The Hall–Kier alpha value is -2.80. The van der Waals surface area contributed by atoms with E-state index in [1.54, 1.807) is 0 Å². The van der Waals surface area contributed by atoms with Gasteiger partial charge in [0.15, 0.2) is 0 Å². The zero-order valence-electron chi connectivity index (χ0n) is 16.5. The summed E-state index contributed by atoms with van der Waals surface area (Å²) in [6.45, 7) is 4.27. The molecule has 3 aromatic heterocycles. The van der Waals surface area contributed by atoms with Gasteiger partial charge in [0.2, 0.25) is 5.95 Å². The predicted molar refractivity (Wildman–Crippen MR) is 111 cm³/mol. The minimum atomic E-state index is 0.305. The lowest BCUT2D eigenvalue weighted by molar-refractivity contribution is 0.336. The molecule has 0 radical (unpaired) electrons. The number of aliphatic imine (C=N–C) groups is 1. The van der Waals surface area contributed by atoms with Crippen LogP contribution in [0, 0.1) is 0 Å². The van der Waals surface area contributed by atoms with Crippen molar-refractivity contribution in [1.82, 2.24) is 19.6 Å². The third-order valence-electron chi connectivity index (χ3n) is 6.14. The molecule has 144 valence electrons. The fourth-order valence-corrected chi connectivity index (χ4v) is 4.30. The molecule has 28 heavy (non-hydrogen) atoms. The molecule has 0 amide bonds. The van der Waals surface area contributed by atoms with Gasteiger partial charge < -0.3 is 10.6 Å². The van der Waals surface area contributed by atoms with Gasteiger partial charge in [0.1, 0.15) is 0 Å².